The Morgan fingerprint density at radius 2 is 1.67 bits per heavy atom. The Kier molecular flexibility index (Phi) is 6.69. The second kappa shape index (κ2) is 9.36. The summed E-state index contributed by atoms with van der Waals surface area (Å²) in [5.74, 6) is 0.348. The first-order valence-electron chi connectivity index (χ1n) is 10.8. The predicted molar refractivity (Wildman–Crippen MR) is 126 cm³/mol. The topological polar surface area (TPSA) is 113 Å². The van der Waals surface area contributed by atoms with E-state index < -0.39 is 19.7 Å². The van der Waals surface area contributed by atoms with Gasteiger partial charge in [0.2, 0.25) is 0 Å². The van der Waals surface area contributed by atoms with Crippen LogP contribution in [0.3, 0.4) is 0 Å². The van der Waals surface area contributed by atoms with E-state index in [0.29, 0.717) is 18.0 Å². The van der Waals surface area contributed by atoms with E-state index in [1.165, 1.54) is 23.0 Å². The molecule has 0 bridgehead atoms. The van der Waals surface area contributed by atoms with Gasteiger partial charge < -0.3 is 0 Å². The second-order valence-electron chi connectivity index (χ2n) is 8.67. The van der Waals surface area contributed by atoms with Crippen LogP contribution in [0.1, 0.15) is 41.1 Å². The maximum Gasteiger partial charge on any atom is 0.194 e. The van der Waals surface area contributed by atoms with Crippen molar-refractivity contribution in [2.45, 2.75) is 41.6 Å². The highest BCUT2D eigenvalue weighted by Crippen LogP contribution is 2.31. The fourth-order valence-electron chi connectivity index (χ4n) is 4.50. The van der Waals surface area contributed by atoms with Crippen LogP contribution in [-0.4, -0.2) is 62.5 Å². The van der Waals surface area contributed by atoms with Crippen molar-refractivity contribution in [2.24, 2.45) is 0 Å². The van der Waals surface area contributed by atoms with Crippen molar-refractivity contribution < 1.29 is 16.8 Å². The van der Waals surface area contributed by atoms with E-state index in [2.05, 4.69) is 32.2 Å². The van der Waals surface area contributed by atoms with E-state index in [4.69, 9.17) is 0 Å². The minimum atomic E-state index is -3.77. The van der Waals surface area contributed by atoms with E-state index in [1.807, 2.05) is 24.4 Å². The lowest BCUT2D eigenvalue weighted by Gasteiger charge is -2.32. The van der Waals surface area contributed by atoms with Gasteiger partial charge in [0.15, 0.2) is 24.7 Å². The molecule has 33 heavy (non-hydrogen) atoms. The van der Waals surface area contributed by atoms with Gasteiger partial charge in [-0.05, 0) is 48.7 Å². The molecule has 0 unspecified atom stereocenters. The van der Waals surface area contributed by atoms with E-state index >= 15 is 0 Å². The number of piperidine rings is 1. The van der Waals surface area contributed by atoms with E-state index in [9.17, 15) is 16.8 Å². The third kappa shape index (κ3) is 5.51. The standard InChI is InChI=1S/C23H28N4O4S2/c1-32(28,29)22-19(8-11-24-23(22)33(2,30)31)16-27-12-9-18(10-13-27)21-20(15-25-26-21)14-17-6-4-3-5-7-17/h3-8,11,15,18H,9-10,12-14,16H2,1-2H3,(H,25,26). The summed E-state index contributed by atoms with van der Waals surface area (Å²) in [6.45, 7) is 1.91. The highest BCUT2D eigenvalue weighted by molar-refractivity contribution is 7.93. The molecule has 0 spiro atoms. The molecule has 1 saturated heterocycles. The number of H-pyrrole nitrogens is 1. The molecule has 0 aliphatic carbocycles. The molecule has 0 radical (unpaired) electrons. The lowest BCUT2D eigenvalue weighted by atomic mass is 9.89. The number of rotatable bonds is 7. The predicted octanol–water partition coefficient (Wildman–Crippen LogP) is 2.58. The molecule has 4 rings (SSSR count). The van der Waals surface area contributed by atoms with Gasteiger partial charge in [0, 0.05) is 43.3 Å². The summed E-state index contributed by atoms with van der Waals surface area (Å²) in [6, 6.07) is 11.9. The number of hydrogen-bond acceptors (Lipinski definition) is 7. The first-order valence-corrected chi connectivity index (χ1v) is 14.6. The summed E-state index contributed by atoms with van der Waals surface area (Å²) in [7, 11) is -7.53. The Hall–Kier alpha value is -2.56. The molecule has 0 atom stereocenters. The number of sulfone groups is 2. The minimum Gasteiger partial charge on any atom is -0.299 e. The lowest BCUT2D eigenvalue weighted by Crippen LogP contribution is -2.33. The largest absolute Gasteiger partial charge is 0.299 e. The quantitative estimate of drug-likeness (QED) is 0.544. The van der Waals surface area contributed by atoms with Gasteiger partial charge in [0.1, 0.15) is 4.90 Å². The van der Waals surface area contributed by atoms with Crippen LogP contribution in [-0.2, 0) is 32.6 Å². The Bertz CT molecular complexity index is 1330. The number of benzene rings is 1. The number of aromatic nitrogens is 3. The summed E-state index contributed by atoms with van der Waals surface area (Å²) in [5.41, 5.74) is 4.08. The van der Waals surface area contributed by atoms with Gasteiger partial charge in [-0.1, -0.05) is 30.3 Å². The smallest absolute Gasteiger partial charge is 0.194 e. The summed E-state index contributed by atoms with van der Waals surface area (Å²) in [6.07, 6.45) is 7.92. The zero-order chi connectivity index (χ0) is 23.6. The van der Waals surface area contributed by atoms with Crippen LogP contribution in [0.5, 0.6) is 0 Å². The first kappa shape index (κ1) is 23.6. The van der Waals surface area contributed by atoms with Crippen LogP contribution < -0.4 is 0 Å². The van der Waals surface area contributed by atoms with Crippen molar-refractivity contribution in [1.82, 2.24) is 20.1 Å². The van der Waals surface area contributed by atoms with Gasteiger partial charge in [-0.2, -0.15) is 5.10 Å². The van der Waals surface area contributed by atoms with Crippen molar-refractivity contribution in [3.05, 3.63) is 71.2 Å². The molecule has 2 aromatic heterocycles. The second-order valence-corrected chi connectivity index (χ2v) is 12.6. The summed E-state index contributed by atoms with van der Waals surface area (Å²) in [4.78, 5) is 5.84. The van der Waals surface area contributed by atoms with Crippen molar-refractivity contribution >= 4 is 19.7 Å². The lowest BCUT2D eigenvalue weighted by molar-refractivity contribution is 0.201. The molecule has 1 aromatic carbocycles. The Morgan fingerprint density at radius 1 is 0.970 bits per heavy atom. The first-order chi connectivity index (χ1) is 15.6. The molecule has 1 aliphatic heterocycles. The molecular formula is C23H28N4O4S2. The Morgan fingerprint density at radius 3 is 2.30 bits per heavy atom. The molecule has 1 aliphatic rings. The zero-order valence-electron chi connectivity index (χ0n) is 18.7. The van der Waals surface area contributed by atoms with Gasteiger partial charge in [-0.25, -0.2) is 21.8 Å². The van der Waals surface area contributed by atoms with Crippen LogP contribution in [0.2, 0.25) is 0 Å². The molecule has 3 aromatic rings. The minimum absolute atomic E-state index is 0.187. The van der Waals surface area contributed by atoms with Crippen LogP contribution in [0.15, 0.2) is 58.7 Å². The fraction of sp³-hybridized carbons (Fsp3) is 0.391. The van der Waals surface area contributed by atoms with Crippen LogP contribution in [0.4, 0.5) is 0 Å². The zero-order valence-corrected chi connectivity index (χ0v) is 20.4. The number of likely N-dealkylation sites (tertiary alicyclic amines) is 1. The number of nitrogens with zero attached hydrogens (tertiary/aromatic N) is 3. The van der Waals surface area contributed by atoms with Crippen molar-refractivity contribution in [1.29, 1.82) is 0 Å². The fourth-order valence-corrected chi connectivity index (χ4v) is 7.11. The molecular weight excluding hydrogens is 460 g/mol. The highest BCUT2D eigenvalue weighted by atomic mass is 32.2. The molecule has 3 heterocycles. The van der Waals surface area contributed by atoms with Crippen molar-refractivity contribution in [2.75, 3.05) is 25.6 Å². The molecule has 1 fully saturated rings. The van der Waals surface area contributed by atoms with Crippen LogP contribution in [0.25, 0.3) is 0 Å². The van der Waals surface area contributed by atoms with E-state index in [0.717, 1.165) is 44.9 Å². The third-order valence-corrected chi connectivity index (χ3v) is 8.39. The van der Waals surface area contributed by atoms with Crippen LogP contribution in [0, 0.1) is 0 Å². The summed E-state index contributed by atoms with van der Waals surface area (Å²) in [5, 5.41) is 7.10. The van der Waals surface area contributed by atoms with E-state index in [1.54, 1.807) is 6.07 Å². The van der Waals surface area contributed by atoms with Crippen LogP contribution >= 0.6 is 0 Å². The van der Waals surface area contributed by atoms with Gasteiger partial charge in [0.05, 0.1) is 6.20 Å². The van der Waals surface area contributed by atoms with Gasteiger partial charge in [-0.3, -0.25) is 10.00 Å². The molecule has 10 heteroatoms. The maximum atomic E-state index is 12.4. The molecule has 0 saturated carbocycles. The van der Waals surface area contributed by atoms with E-state index in [-0.39, 0.29) is 9.92 Å². The molecule has 176 valence electrons. The number of nitrogens with one attached hydrogen (secondary N) is 1. The third-order valence-electron chi connectivity index (χ3n) is 6.05. The van der Waals surface area contributed by atoms with Gasteiger partial charge in [-0.15, -0.1) is 0 Å². The van der Waals surface area contributed by atoms with Gasteiger partial charge >= 0.3 is 0 Å². The van der Waals surface area contributed by atoms with Crippen molar-refractivity contribution in [3.8, 4) is 0 Å². The van der Waals surface area contributed by atoms with Gasteiger partial charge in [0.25, 0.3) is 0 Å². The number of hydrogen-bond donors (Lipinski definition) is 1. The molecule has 8 nitrogen and oxygen atoms in total. The van der Waals surface area contributed by atoms with Crippen molar-refractivity contribution in [3.63, 3.8) is 0 Å². The Labute approximate surface area is 194 Å². The average molecular weight is 489 g/mol. The molecule has 0 amide bonds. The normalized spacial score (nSPS) is 16.2. The SMILES string of the molecule is CS(=O)(=O)c1nccc(CN2CCC(c3[nH]ncc3Cc3ccccc3)CC2)c1S(C)(=O)=O. The summed E-state index contributed by atoms with van der Waals surface area (Å²) < 4.78 is 49.1. The number of aromatic amines is 1. The average Bonchev–Trinajstić information content (AvgIpc) is 3.21. The highest BCUT2D eigenvalue weighted by Gasteiger charge is 2.29. The maximum absolute atomic E-state index is 12.4. The number of pyridine rings is 1. The summed E-state index contributed by atoms with van der Waals surface area (Å²) >= 11 is 0. The molecule has 1 N–H and O–H groups in total. The Balaban J connectivity index is 1.48. The monoisotopic (exact) mass is 488 g/mol.